The highest BCUT2D eigenvalue weighted by molar-refractivity contribution is 5.84. The second-order valence-electron chi connectivity index (χ2n) is 9.83. The number of hydrogen-bond acceptors (Lipinski definition) is 2. The topological polar surface area (TPSA) is 20.3 Å². The number of nitrogens with zero attached hydrogens (tertiary/aromatic N) is 1. The van der Waals surface area contributed by atoms with Crippen molar-refractivity contribution in [3.63, 3.8) is 0 Å². The summed E-state index contributed by atoms with van der Waals surface area (Å²) in [4.78, 5) is 15.4. The SMILES string of the molecule is CC.CCCC(CCC)C(=O)C1CCC(c2cccc(C3=CCc4ccccc4N3C)c2)CC1. The molecule has 0 atom stereocenters. The lowest BCUT2D eigenvalue weighted by molar-refractivity contribution is -0.128. The van der Waals surface area contributed by atoms with Crippen LogP contribution in [0.25, 0.3) is 5.70 Å². The zero-order valence-electron chi connectivity index (χ0n) is 22.1. The molecule has 0 spiro atoms. The number of para-hydroxylation sites is 1. The molecule has 1 aliphatic heterocycles. The van der Waals surface area contributed by atoms with Crippen LogP contribution >= 0.6 is 0 Å². The smallest absolute Gasteiger partial charge is 0.139 e. The average molecular weight is 460 g/mol. The summed E-state index contributed by atoms with van der Waals surface area (Å²) in [5.41, 5.74) is 6.76. The number of fused-ring (bicyclic) bond motifs is 1. The fourth-order valence-electron chi connectivity index (χ4n) is 5.92. The first kappa shape index (κ1) is 26.3. The van der Waals surface area contributed by atoms with Crippen LogP contribution in [0.1, 0.15) is 102 Å². The molecule has 2 aromatic carbocycles. The van der Waals surface area contributed by atoms with Crippen molar-refractivity contribution >= 4 is 17.2 Å². The molecule has 0 N–H and O–H groups in total. The van der Waals surface area contributed by atoms with Gasteiger partial charge in [0.15, 0.2) is 0 Å². The van der Waals surface area contributed by atoms with Crippen LogP contribution < -0.4 is 4.90 Å². The van der Waals surface area contributed by atoms with Crippen molar-refractivity contribution in [3.8, 4) is 0 Å². The zero-order valence-corrected chi connectivity index (χ0v) is 22.1. The first-order valence-electron chi connectivity index (χ1n) is 13.8. The molecule has 4 rings (SSSR count). The average Bonchev–Trinajstić information content (AvgIpc) is 2.90. The number of allylic oxidation sites excluding steroid dienone is 1. The molecule has 34 heavy (non-hydrogen) atoms. The number of carbonyl (C=O) groups excluding carboxylic acids is 1. The van der Waals surface area contributed by atoms with Gasteiger partial charge in [0.25, 0.3) is 0 Å². The molecule has 0 radical (unpaired) electrons. The number of benzene rings is 2. The Balaban J connectivity index is 0.00000158. The Kier molecular flexibility index (Phi) is 9.99. The van der Waals surface area contributed by atoms with Crippen LogP contribution in [0.2, 0.25) is 0 Å². The number of carbonyl (C=O) groups is 1. The first-order valence-corrected chi connectivity index (χ1v) is 13.8. The number of Topliss-reactive ketones (excluding diaryl/α,β-unsaturated/α-hetero) is 1. The molecule has 0 amide bonds. The van der Waals surface area contributed by atoms with Crippen molar-refractivity contribution < 1.29 is 4.79 Å². The van der Waals surface area contributed by atoms with Gasteiger partial charge in [-0.05, 0) is 79.7 Å². The minimum atomic E-state index is 0.293. The third-order valence-corrected chi connectivity index (χ3v) is 7.69. The summed E-state index contributed by atoms with van der Waals surface area (Å²) in [5.74, 6) is 1.73. The third-order valence-electron chi connectivity index (χ3n) is 7.69. The van der Waals surface area contributed by atoms with E-state index in [1.807, 2.05) is 13.8 Å². The molecule has 184 valence electrons. The Labute approximate surface area is 208 Å². The summed E-state index contributed by atoms with van der Waals surface area (Å²) in [6.07, 6.45) is 12.1. The minimum absolute atomic E-state index is 0.293. The van der Waals surface area contributed by atoms with E-state index in [9.17, 15) is 4.79 Å². The molecule has 2 heteroatoms. The van der Waals surface area contributed by atoms with E-state index >= 15 is 0 Å². The van der Waals surface area contributed by atoms with E-state index in [-0.39, 0.29) is 0 Å². The summed E-state index contributed by atoms with van der Waals surface area (Å²) in [5, 5.41) is 0. The Hall–Kier alpha value is -2.35. The molecule has 1 fully saturated rings. The summed E-state index contributed by atoms with van der Waals surface area (Å²) in [6, 6.07) is 17.9. The summed E-state index contributed by atoms with van der Waals surface area (Å²) < 4.78 is 0. The maximum Gasteiger partial charge on any atom is 0.139 e. The third kappa shape index (κ3) is 6.01. The zero-order chi connectivity index (χ0) is 24.5. The van der Waals surface area contributed by atoms with Gasteiger partial charge in [-0.3, -0.25) is 4.79 Å². The number of ketones is 1. The van der Waals surface area contributed by atoms with E-state index in [0.717, 1.165) is 57.8 Å². The Bertz CT molecular complexity index is 945. The lowest BCUT2D eigenvalue weighted by Crippen LogP contribution is -2.27. The van der Waals surface area contributed by atoms with Crippen molar-refractivity contribution in [2.45, 2.75) is 91.4 Å². The van der Waals surface area contributed by atoms with Crippen molar-refractivity contribution in [3.05, 3.63) is 71.3 Å². The highest BCUT2D eigenvalue weighted by Gasteiger charge is 2.31. The maximum atomic E-state index is 13.1. The van der Waals surface area contributed by atoms with Crippen LogP contribution in [0.15, 0.2) is 54.6 Å². The molecule has 0 bridgehead atoms. The molecule has 0 unspecified atom stereocenters. The molecular formula is C32H45NO. The van der Waals surface area contributed by atoms with Gasteiger partial charge in [0.1, 0.15) is 5.78 Å². The van der Waals surface area contributed by atoms with E-state index in [2.05, 4.69) is 80.4 Å². The van der Waals surface area contributed by atoms with Crippen molar-refractivity contribution in [2.75, 3.05) is 11.9 Å². The number of anilines is 1. The van der Waals surface area contributed by atoms with Gasteiger partial charge in [-0.2, -0.15) is 0 Å². The highest BCUT2D eigenvalue weighted by Crippen LogP contribution is 2.39. The van der Waals surface area contributed by atoms with Crippen molar-refractivity contribution in [2.24, 2.45) is 11.8 Å². The predicted molar refractivity (Wildman–Crippen MR) is 147 cm³/mol. The molecule has 0 aromatic heterocycles. The lowest BCUT2D eigenvalue weighted by Gasteiger charge is -2.32. The van der Waals surface area contributed by atoms with E-state index in [4.69, 9.17) is 0 Å². The molecule has 2 nitrogen and oxygen atoms in total. The number of rotatable bonds is 8. The van der Waals surface area contributed by atoms with Gasteiger partial charge in [-0.1, -0.05) is 83.0 Å². The van der Waals surface area contributed by atoms with Gasteiger partial charge in [-0.15, -0.1) is 0 Å². The standard InChI is InChI=1S/C30H39NO.C2H6/c1-4-9-24(10-5-2)30(32)25-17-15-22(16-18-25)26-12-8-13-27(21-26)29-20-19-23-11-6-7-14-28(23)31(29)3;1-2/h6-8,11-14,20-22,24-25H,4-5,9-10,15-19H2,1-3H3;1-2H3. The van der Waals surface area contributed by atoms with Gasteiger partial charge >= 0.3 is 0 Å². The van der Waals surface area contributed by atoms with Crippen LogP contribution in [-0.4, -0.2) is 12.8 Å². The van der Waals surface area contributed by atoms with Gasteiger partial charge in [-0.25, -0.2) is 0 Å². The normalized spacial score (nSPS) is 19.7. The van der Waals surface area contributed by atoms with E-state index in [1.54, 1.807) is 0 Å². The Morgan fingerprint density at radius 3 is 2.29 bits per heavy atom. The fraction of sp³-hybridized carbons (Fsp3) is 0.531. The molecule has 2 aliphatic rings. The van der Waals surface area contributed by atoms with Gasteiger partial charge in [0, 0.05) is 30.3 Å². The largest absolute Gasteiger partial charge is 0.344 e. The van der Waals surface area contributed by atoms with E-state index in [1.165, 1.54) is 28.1 Å². The highest BCUT2D eigenvalue weighted by atomic mass is 16.1. The van der Waals surface area contributed by atoms with Crippen molar-refractivity contribution in [1.82, 2.24) is 0 Å². The summed E-state index contributed by atoms with van der Waals surface area (Å²) in [7, 11) is 2.18. The maximum absolute atomic E-state index is 13.1. The van der Waals surface area contributed by atoms with Crippen LogP contribution in [0.3, 0.4) is 0 Å². The van der Waals surface area contributed by atoms with Crippen LogP contribution in [0, 0.1) is 11.8 Å². The second kappa shape index (κ2) is 12.9. The Morgan fingerprint density at radius 2 is 1.62 bits per heavy atom. The van der Waals surface area contributed by atoms with Crippen LogP contribution in [-0.2, 0) is 11.2 Å². The van der Waals surface area contributed by atoms with Crippen molar-refractivity contribution in [1.29, 1.82) is 0 Å². The molecule has 1 aliphatic carbocycles. The molecular weight excluding hydrogens is 414 g/mol. The monoisotopic (exact) mass is 459 g/mol. The quantitative estimate of drug-likeness (QED) is 0.393. The molecule has 1 heterocycles. The predicted octanol–water partition coefficient (Wildman–Crippen LogP) is 8.81. The van der Waals surface area contributed by atoms with Crippen LogP contribution in [0.4, 0.5) is 5.69 Å². The fourth-order valence-corrected chi connectivity index (χ4v) is 5.92. The molecule has 1 saturated carbocycles. The van der Waals surface area contributed by atoms with Crippen LogP contribution in [0.5, 0.6) is 0 Å². The van der Waals surface area contributed by atoms with Gasteiger partial charge in [0.2, 0.25) is 0 Å². The lowest BCUT2D eigenvalue weighted by atomic mass is 9.73. The Morgan fingerprint density at radius 1 is 0.941 bits per heavy atom. The minimum Gasteiger partial charge on any atom is -0.344 e. The summed E-state index contributed by atoms with van der Waals surface area (Å²) >= 11 is 0. The molecule has 0 saturated heterocycles. The molecule has 2 aromatic rings. The van der Waals surface area contributed by atoms with E-state index in [0.29, 0.717) is 23.5 Å². The van der Waals surface area contributed by atoms with E-state index < -0.39 is 0 Å². The van der Waals surface area contributed by atoms with Gasteiger partial charge in [0.05, 0.1) is 0 Å². The number of hydrogen-bond donors (Lipinski definition) is 0. The summed E-state index contributed by atoms with van der Waals surface area (Å²) in [6.45, 7) is 8.41. The second-order valence-corrected chi connectivity index (χ2v) is 9.83. The van der Waals surface area contributed by atoms with Gasteiger partial charge < -0.3 is 4.90 Å². The first-order chi connectivity index (χ1) is 16.6.